The number of carbonyl (C=O) groups is 3. The van der Waals surface area contributed by atoms with Gasteiger partial charge in [0.15, 0.2) is 5.78 Å². The number of ketones is 1. The third kappa shape index (κ3) is 6.07. The van der Waals surface area contributed by atoms with E-state index in [2.05, 4.69) is 12.2 Å². The van der Waals surface area contributed by atoms with E-state index in [1.165, 1.54) is 49.4 Å². The molecule has 3 atom stereocenters. The van der Waals surface area contributed by atoms with E-state index in [9.17, 15) is 14.4 Å². The number of amides is 2. The summed E-state index contributed by atoms with van der Waals surface area (Å²) in [4.78, 5) is 35.5. The number of nitrogens with one attached hydrogen (secondary N) is 2. The van der Waals surface area contributed by atoms with E-state index < -0.39 is 0 Å². The molecule has 33 heavy (non-hydrogen) atoms. The van der Waals surface area contributed by atoms with Crippen LogP contribution < -0.4 is 11.1 Å². The number of allylic oxidation sites excluding steroid dienone is 1. The maximum atomic E-state index is 12.4. The highest BCUT2D eigenvalue weighted by Gasteiger charge is 2.44. The maximum Gasteiger partial charge on any atom is 0.251 e. The zero-order valence-corrected chi connectivity index (χ0v) is 19.2. The van der Waals surface area contributed by atoms with Crippen LogP contribution >= 0.6 is 0 Å². The average molecular weight is 455 g/mol. The lowest BCUT2D eigenvalue weighted by atomic mass is 9.84. The molecule has 0 radical (unpaired) electrons. The molecule has 1 aromatic rings. The molecule has 3 aliphatic rings. The molecule has 2 amide bonds. The van der Waals surface area contributed by atoms with Crippen molar-refractivity contribution < 1.29 is 19.1 Å². The second-order valence-electron chi connectivity index (χ2n) is 8.90. The minimum absolute atomic E-state index is 0.0206. The predicted molar refractivity (Wildman–Crippen MR) is 127 cm³/mol. The fourth-order valence-electron chi connectivity index (χ4n) is 4.86. The van der Waals surface area contributed by atoms with Crippen LogP contribution in [0.4, 0.5) is 0 Å². The van der Waals surface area contributed by atoms with E-state index in [0.29, 0.717) is 23.6 Å². The minimum Gasteiger partial charge on any atom is -0.404 e. The van der Waals surface area contributed by atoms with Gasteiger partial charge in [-0.1, -0.05) is 31.4 Å². The summed E-state index contributed by atoms with van der Waals surface area (Å²) in [6.07, 6.45) is 10.4. The smallest absolute Gasteiger partial charge is 0.251 e. The maximum absolute atomic E-state index is 12.4. The molecule has 8 heteroatoms. The predicted octanol–water partition coefficient (Wildman–Crippen LogP) is 2.52. The molecule has 1 aliphatic carbocycles. The number of carbonyl (C=O) groups excluding carboxylic acids is 3. The average Bonchev–Trinajstić information content (AvgIpc) is 3.43. The number of benzene rings is 1. The molecule has 1 unspecified atom stereocenters. The summed E-state index contributed by atoms with van der Waals surface area (Å²) >= 11 is 0. The Balaban J connectivity index is 0.000000231. The number of fused-ring (bicyclic) bond motifs is 1. The van der Waals surface area contributed by atoms with Gasteiger partial charge in [0.2, 0.25) is 6.41 Å². The molecule has 1 aromatic carbocycles. The van der Waals surface area contributed by atoms with Gasteiger partial charge in [0.05, 0.1) is 6.10 Å². The molecule has 0 aromatic heterocycles. The third-order valence-electron chi connectivity index (χ3n) is 6.80. The van der Waals surface area contributed by atoms with E-state index in [-0.39, 0.29) is 36.5 Å². The lowest BCUT2D eigenvalue weighted by Crippen LogP contribution is -2.38. The number of ether oxygens (including phenoxy) is 1. The Kier molecular flexibility index (Phi) is 8.77. The topological polar surface area (TPSA) is 126 Å². The zero-order valence-electron chi connectivity index (χ0n) is 19.2. The van der Waals surface area contributed by atoms with Gasteiger partial charge in [-0.25, -0.2) is 0 Å². The zero-order chi connectivity index (χ0) is 23.8. The van der Waals surface area contributed by atoms with Crippen LogP contribution in [0.15, 0.2) is 30.5 Å². The summed E-state index contributed by atoms with van der Waals surface area (Å²) < 4.78 is 5.17. The van der Waals surface area contributed by atoms with Crippen molar-refractivity contribution in [2.45, 2.75) is 63.6 Å². The van der Waals surface area contributed by atoms with Crippen molar-refractivity contribution in [2.24, 2.45) is 11.7 Å². The minimum atomic E-state index is -0.271. The quantitative estimate of drug-likeness (QED) is 0.450. The van der Waals surface area contributed by atoms with Gasteiger partial charge in [0, 0.05) is 36.1 Å². The molecular formula is C25H34N4O4. The summed E-state index contributed by atoms with van der Waals surface area (Å²) in [5.74, 6) is 0.572. The van der Waals surface area contributed by atoms with Crippen molar-refractivity contribution >= 4 is 29.9 Å². The molecule has 178 valence electrons. The molecule has 4 N–H and O–H groups in total. The first-order valence-electron chi connectivity index (χ1n) is 11.7. The fourth-order valence-corrected chi connectivity index (χ4v) is 4.86. The Bertz CT molecular complexity index is 894. The number of rotatable bonds is 6. The van der Waals surface area contributed by atoms with E-state index in [1.54, 1.807) is 12.1 Å². The van der Waals surface area contributed by atoms with Crippen LogP contribution in [0.1, 0.15) is 61.4 Å². The second-order valence-corrected chi connectivity index (χ2v) is 8.90. The van der Waals surface area contributed by atoms with Crippen LogP contribution in [0.3, 0.4) is 0 Å². The Morgan fingerprint density at radius 1 is 1.24 bits per heavy atom. The summed E-state index contributed by atoms with van der Waals surface area (Å²) in [7, 11) is 0. The number of nitrogens with two attached hydrogens (primary N) is 1. The SMILES string of the molecule is CC(NC(=O)c1cccc(/C(C=N)=C/N)c1)C1CCCCC1.O=CN1CC[C@H]2OCC(=O)[C@H]21. The first-order valence-corrected chi connectivity index (χ1v) is 11.7. The van der Waals surface area contributed by atoms with Crippen LogP contribution in [0.25, 0.3) is 5.57 Å². The number of hydrogen-bond donors (Lipinski definition) is 3. The highest BCUT2D eigenvalue weighted by atomic mass is 16.5. The van der Waals surface area contributed by atoms with Crippen molar-refractivity contribution in [3.8, 4) is 0 Å². The van der Waals surface area contributed by atoms with Crippen molar-refractivity contribution in [3.05, 3.63) is 41.6 Å². The molecule has 0 bridgehead atoms. The van der Waals surface area contributed by atoms with Crippen LogP contribution in [-0.2, 0) is 14.3 Å². The second kappa shape index (κ2) is 11.7. The summed E-state index contributed by atoms with van der Waals surface area (Å²) in [6.45, 7) is 2.94. The van der Waals surface area contributed by atoms with E-state index in [1.807, 2.05) is 12.1 Å². The molecule has 2 aliphatic heterocycles. The van der Waals surface area contributed by atoms with Gasteiger partial charge >= 0.3 is 0 Å². The van der Waals surface area contributed by atoms with Crippen LogP contribution in [-0.4, -0.2) is 60.6 Å². The summed E-state index contributed by atoms with van der Waals surface area (Å²) in [5, 5.41) is 10.5. The van der Waals surface area contributed by atoms with Gasteiger partial charge in [-0.2, -0.15) is 0 Å². The van der Waals surface area contributed by atoms with Gasteiger partial charge in [-0.3, -0.25) is 14.4 Å². The first kappa shape index (κ1) is 24.6. The molecule has 3 fully saturated rings. The number of Topliss-reactive ketones (excluding diaryl/α,β-unsaturated/α-hetero) is 1. The summed E-state index contributed by atoms with van der Waals surface area (Å²) in [5.41, 5.74) is 7.51. The Hall–Kier alpha value is -3.00. The molecule has 4 rings (SSSR count). The Morgan fingerprint density at radius 3 is 2.64 bits per heavy atom. The van der Waals surface area contributed by atoms with Crippen LogP contribution in [0.2, 0.25) is 0 Å². The molecular weight excluding hydrogens is 420 g/mol. The number of nitrogens with zero attached hydrogens (tertiary/aromatic N) is 1. The highest BCUT2D eigenvalue weighted by Crippen LogP contribution is 2.27. The lowest BCUT2D eigenvalue weighted by molar-refractivity contribution is -0.127. The molecule has 2 heterocycles. The van der Waals surface area contributed by atoms with Crippen molar-refractivity contribution in [1.82, 2.24) is 10.2 Å². The molecule has 2 saturated heterocycles. The van der Waals surface area contributed by atoms with E-state index in [4.69, 9.17) is 15.9 Å². The van der Waals surface area contributed by atoms with Crippen LogP contribution in [0, 0.1) is 11.3 Å². The van der Waals surface area contributed by atoms with Gasteiger partial charge in [0.1, 0.15) is 12.6 Å². The van der Waals surface area contributed by atoms with Gasteiger partial charge in [-0.05, 0) is 49.8 Å². The summed E-state index contributed by atoms with van der Waals surface area (Å²) in [6, 6.07) is 7.18. The lowest BCUT2D eigenvalue weighted by Gasteiger charge is -2.28. The van der Waals surface area contributed by atoms with Crippen LogP contribution in [0.5, 0.6) is 0 Å². The monoisotopic (exact) mass is 454 g/mol. The third-order valence-corrected chi connectivity index (χ3v) is 6.80. The van der Waals surface area contributed by atoms with E-state index in [0.717, 1.165) is 18.4 Å². The number of hydrogen-bond acceptors (Lipinski definition) is 6. The van der Waals surface area contributed by atoms with Gasteiger partial charge in [-0.15, -0.1) is 0 Å². The fraction of sp³-hybridized carbons (Fsp3) is 0.520. The molecule has 8 nitrogen and oxygen atoms in total. The number of likely N-dealkylation sites (tertiary alicyclic amines) is 1. The van der Waals surface area contributed by atoms with E-state index >= 15 is 0 Å². The van der Waals surface area contributed by atoms with Crippen molar-refractivity contribution in [2.75, 3.05) is 13.2 Å². The van der Waals surface area contributed by atoms with Crippen molar-refractivity contribution in [3.63, 3.8) is 0 Å². The van der Waals surface area contributed by atoms with Gasteiger partial charge < -0.3 is 26.1 Å². The first-order chi connectivity index (χ1) is 16.0. The molecule has 1 saturated carbocycles. The normalized spacial score (nSPS) is 23.8. The molecule has 0 spiro atoms. The Morgan fingerprint density at radius 2 is 1.97 bits per heavy atom. The van der Waals surface area contributed by atoms with Gasteiger partial charge in [0.25, 0.3) is 5.91 Å². The standard InChI is InChI=1S/C18H25N3O.C7H9NO3/c1-13(14-6-3-2-4-7-14)21-18(22)16-9-5-8-15(10-16)17(11-19)12-20;9-4-8-2-1-6-7(8)5(10)3-11-6/h5,8-14,19H,2-4,6-7,20H2,1H3,(H,21,22);4,6-7H,1-3H2/b17-12+,19-11?;/t;6-,7-/m.1/s1. The van der Waals surface area contributed by atoms with Crippen molar-refractivity contribution in [1.29, 1.82) is 5.41 Å². The Labute approximate surface area is 195 Å². The largest absolute Gasteiger partial charge is 0.404 e. The highest BCUT2D eigenvalue weighted by molar-refractivity contribution is 6.09.